The Labute approximate surface area is 407 Å². The lowest BCUT2D eigenvalue weighted by atomic mass is 10.2. The van der Waals surface area contributed by atoms with Crippen LogP contribution < -0.4 is 0 Å². The van der Waals surface area contributed by atoms with E-state index in [0.29, 0.717) is 42.6 Å². The lowest BCUT2D eigenvalue weighted by molar-refractivity contribution is -0.154. The molecule has 388 valence electrons. The molecule has 0 aliphatic carbocycles. The molecule has 17 nitrogen and oxygen atoms in total. The van der Waals surface area contributed by atoms with Crippen molar-refractivity contribution in [3.8, 4) is 0 Å². The molecule has 0 aromatic carbocycles. The standard InChI is InChI=1S/C21H36O8SSi.C13H28O6SSi.C8H10O3.3CH4/c1-15(2)19(22)28-12-18(29-20(23)16(3)4)14-30-13-17(5)21(24)27-10-9-11-31(8,25-6)26-7;1-11(9-20-10-12(15)8-14)13(16)19-6-5-7-21(4,17-2)18-3;1-5(2)7(9)11-8(10)6(3)4;;;/h17-18H,1,3,9-14H2,2,4-8H3;11-12,14-15H,5-10H2,1-4H3;1,3H2,2,4H3;3*1H4. The van der Waals surface area contributed by atoms with Crippen LogP contribution in [-0.2, 0) is 70.2 Å². The van der Waals surface area contributed by atoms with Gasteiger partial charge in [-0.05, 0) is 65.7 Å². The van der Waals surface area contributed by atoms with Gasteiger partial charge in [-0.15, -0.1) is 0 Å². The van der Waals surface area contributed by atoms with Crippen LogP contribution in [0.1, 0.15) is 76.7 Å². The third kappa shape index (κ3) is 37.9. The maximum absolute atomic E-state index is 12.2. The minimum atomic E-state index is -2.16. The Balaban J connectivity index is -0.000000223. The van der Waals surface area contributed by atoms with Gasteiger partial charge in [0.25, 0.3) is 0 Å². The summed E-state index contributed by atoms with van der Waals surface area (Å²) in [6, 6.07) is 1.51. The third-order valence-corrected chi connectivity index (χ3v) is 17.1. The summed E-state index contributed by atoms with van der Waals surface area (Å²) in [6.45, 7) is 27.5. The molecular formula is C45H86O17S2Si2. The van der Waals surface area contributed by atoms with Gasteiger partial charge >= 0.3 is 52.9 Å². The van der Waals surface area contributed by atoms with Crippen molar-refractivity contribution in [2.24, 2.45) is 11.8 Å². The van der Waals surface area contributed by atoms with Gasteiger partial charge in [-0.3, -0.25) is 9.59 Å². The van der Waals surface area contributed by atoms with Gasteiger partial charge in [-0.1, -0.05) is 62.4 Å². The number of rotatable bonds is 30. The molecule has 0 spiro atoms. The first-order valence-corrected chi connectivity index (χ1v) is 27.4. The van der Waals surface area contributed by atoms with Gasteiger partial charge in [0.05, 0.1) is 37.8 Å². The van der Waals surface area contributed by atoms with Crippen LogP contribution >= 0.6 is 23.5 Å². The summed E-state index contributed by atoms with van der Waals surface area (Å²) < 4.78 is 46.8. The number of aliphatic hydroxyl groups is 2. The third-order valence-electron chi connectivity index (χ3n) is 8.38. The number of hydrogen-bond donors (Lipinski definition) is 2. The van der Waals surface area contributed by atoms with E-state index in [2.05, 4.69) is 31.1 Å². The lowest BCUT2D eigenvalue weighted by Crippen LogP contribution is -2.36. The van der Waals surface area contributed by atoms with Crippen LogP contribution in [0.2, 0.25) is 25.2 Å². The summed E-state index contributed by atoms with van der Waals surface area (Å²) in [5.41, 5.74) is 0.895. The molecule has 0 aliphatic rings. The van der Waals surface area contributed by atoms with E-state index in [1.807, 2.05) is 13.1 Å². The number of carbonyl (C=O) groups is 6. The van der Waals surface area contributed by atoms with Crippen LogP contribution in [0, 0.1) is 11.8 Å². The van der Waals surface area contributed by atoms with Gasteiger partial charge in [-0.2, -0.15) is 23.5 Å². The molecule has 0 bridgehead atoms. The lowest BCUT2D eigenvalue weighted by Gasteiger charge is -2.22. The Morgan fingerprint density at radius 2 is 0.909 bits per heavy atom. The van der Waals surface area contributed by atoms with E-state index in [1.54, 1.807) is 42.3 Å². The van der Waals surface area contributed by atoms with Crippen LogP contribution in [0.3, 0.4) is 0 Å². The number of carbonyl (C=O) groups excluding carboxylic acids is 6. The second-order valence-electron chi connectivity index (χ2n) is 14.8. The average molecular weight is 1020 g/mol. The summed E-state index contributed by atoms with van der Waals surface area (Å²) >= 11 is 2.84. The number of esters is 6. The molecule has 0 aromatic heterocycles. The van der Waals surface area contributed by atoms with E-state index in [1.165, 1.54) is 51.2 Å². The molecule has 0 saturated carbocycles. The molecule has 0 heterocycles. The highest BCUT2D eigenvalue weighted by Crippen LogP contribution is 2.18. The van der Waals surface area contributed by atoms with Gasteiger partial charge in [0.15, 0.2) is 0 Å². The maximum Gasteiger partial charge on any atom is 0.340 e. The van der Waals surface area contributed by atoms with Gasteiger partial charge < -0.3 is 51.6 Å². The highest BCUT2D eigenvalue weighted by atomic mass is 32.2. The molecule has 4 unspecified atom stereocenters. The van der Waals surface area contributed by atoms with Crippen molar-refractivity contribution in [2.75, 3.05) is 77.9 Å². The molecule has 0 rings (SSSR count). The summed E-state index contributed by atoms with van der Waals surface area (Å²) in [4.78, 5) is 68.7. The van der Waals surface area contributed by atoms with Crippen molar-refractivity contribution in [1.82, 2.24) is 0 Å². The van der Waals surface area contributed by atoms with E-state index in [-0.39, 0.29) is 81.6 Å². The molecule has 0 fully saturated rings. The monoisotopic (exact) mass is 1020 g/mol. The molecular weight excluding hydrogens is 933 g/mol. The van der Waals surface area contributed by atoms with E-state index in [9.17, 15) is 33.9 Å². The van der Waals surface area contributed by atoms with Crippen molar-refractivity contribution >= 4 is 76.5 Å². The van der Waals surface area contributed by atoms with Gasteiger partial charge in [0.1, 0.15) is 12.7 Å². The highest BCUT2D eigenvalue weighted by Gasteiger charge is 2.29. The molecule has 0 aliphatic heterocycles. The van der Waals surface area contributed by atoms with Gasteiger partial charge in [0.2, 0.25) is 0 Å². The second kappa shape index (κ2) is 42.0. The topological polar surface area (TPSA) is 226 Å². The van der Waals surface area contributed by atoms with Gasteiger partial charge in [-0.25, -0.2) is 19.2 Å². The average Bonchev–Trinajstić information content (AvgIpc) is 3.24. The normalized spacial score (nSPS) is 12.3. The Hall–Kier alpha value is -3.13. The number of aliphatic hydroxyl groups excluding tert-OH is 2. The molecule has 2 N–H and O–H groups in total. The maximum atomic E-state index is 12.2. The Kier molecular flexibility index (Phi) is 47.4. The van der Waals surface area contributed by atoms with E-state index in [4.69, 9.17) is 41.8 Å². The zero-order valence-electron chi connectivity index (χ0n) is 39.5. The summed E-state index contributed by atoms with van der Waals surface area (Å²) in [6.07, 6.45) is -0.00203. The molecule has 0 amide bonds. The van der Waals surface area contributed by atoms with Crippen LogP contribution in [0.5, 0.6) is 0 Å². The zero-order chi connectivity index (χ0) is 49.3. The van der Waals surface area contributed by atoms with Crippen molar-refractivity contribution in [2.45, 2.75) is 114 Å². The van der Waals surface area contributed by atoms with Gasteiger partial charge in [0, 0.05) is 73.7 Å². The van der Waals surface area contributed by atoms with Crippen LogP contribution in [0.25, 0.3) is 0 Å². The minimum Gasteiger partial charge on any atom is -0.465 e. The molecule has 0 saturated heterocycles. The fourth-order valence-electron chi connectivity index (χ4n) is 3.86. The highest BCUT2D eigenvalue weighted by molar-refractivity contribution is 7.99. The summed E-state index contributed by atoms with van der Waals surface area (Å²) in [7, 11) is 2.29. The van der Waals surface area contributed by atoms with E-state index in [0.717, 1.165) is 18.5 Å². The summed E-state index contributed by atoms with van der Waals surface area (Å²) in [5.74, 6) is -1.83. The van der Waals surface area contributed by atoms with Crippen LogP contribution in [0.15, 0.2) is 48.6 Å². The Morgan fingerprint density at radius 3 is 1.23 bits per heavy atom. The molecule has 4 atom stereocenters. The molecule has 66 heavy (non-hydrogen) atoms. The number of ether oxygens (including phenoxy) is 5. The van der Waals surface area contributed by atoms with Crippen molar-refractivity contribution in [3.05, 3.63) is 48.6 Å². The van der Waals surface area contributed by atoms with Crippen LogP contribution in [-0.4, -0.2) is 153 Å². The largest absolute Gasteiger partial charge is 0.465 e. The predicted molar refractivity (Wildman–Crippen MR) is 269 cm³/mol. The zero-order valence-corrected chi connectivity index (χ0v) is 43.1. The summed E-state index contributed by atoms with van der Waals surface area (Å²) in [5, 5.41) is 17.9. The number of thioether (sulfide) groups is 2. The first-order chi connectivity index (χ1) is 29.3. The SMILES string of the molecule is C.C.C.C=C(C)C(=O)OC(=O)C(=C)C.C=C(C)C(=O)OCC(CSCC(C)C(=O)OCCC[Si](C)(OC)OC)OC(=O)C(=C)C.CO[Si](C)(CCCOC(=O)C(C)CSCC(O)CO)OC. The number of hydrogen-bond acceptors (Lipinski definition) is 19. The molecule has 0 radical (unpaired) electrons. The van der Waals surface area contributed by atoms with E-state index < -0.39 is 53.2 Å². The first kappa shape index (κ1) is 74.4. The smallest absolute Gasteiger partial charge is 0.340 e. The fraction of sp³-hybridized carbons (Fsp3) is 0.689. The Morgan fingerprint density at radius 1 is 0.561 bits per heavy atom. The Bertz CT molecular complexity index is 1440. The van der Waals surface area contributed by atoms with Crippen LogP contribution in [0.4, 0.5) is 0 Å². The quantitative estimate of drug-likeness (QED) is 0.0179. The van der Waals surface area contributed by atoms with Crippen molar-refractivity contribution in [3.63, 3.8) is 0 Å². The fourth-order valence-corrected chi connectivity index (χ4v) is 8.63. The predicted octanol–water partition coefficient (Wildman–Crippen LogP) is 7.38. The first-order valence-electron chi connectivity index (χ1n) is 20.0. The molecule has 0 aromatic rings. The second-order valence-corrected chi connectivity index (χ2v) is 24.1. The van der Waals surface area contributed by atoms with Crippen molar-refractivity contribution in [1.29, 1.82) is 0 Å². The van der Waals surface area contributed by atoms with Crippen molar-refractivity contribution < 1.29 is 80.4 Å². The molecule has 21 heteroatoms. The minimum absolute atomic E-state index is 0. The van der Waals surface area contributed by atoms with E-state index >= 15 is 0 Å².